The van der Waals surface area contributed by atoms with Gasteiger partial charge in [-0.2, -0.15) is 0 Å². The molecule has 76 heavy (non-hydrogen) atoms. The van der Waals surface area contributed by atoms with Crippen LogP contribution < -0.4 is 19.9 Å². The van der Waals surface area contributed by atoms with Gasteiger partial charge in [-0.3, -0.25) is 19.3 Å². The molecule has 15 heteroatoms. The van der Waals surface area contributed by atoms with Crippen molar-refractivity contribution >= 4 is 35.5 Å². The van der Waals surface area contributed by atoms with Gasteiger partial charge in [0.1, 0.15) is 35.5 Å². The van der Waals surface area contributed by atoms with Crippen LogP contribution in [0.25, 0.3) is 0 Å². The van der Waals surface area contributed by atoms with Gasteiger partial charge < -0.3 is 34.8 Å². The Labute approximate surface area is 442 Å². The highest BCUT2D eigenvalue weighted by Gasteiger charge is 2.76. The van der Waals surface area contributed by atoms with Gasteiger partial charge in [-0.25, -0.2) is 19.7 Å². The molecule has 5 heterocycles. The van der Waals surface area contributed by atoms with Gasteiger partial charge in [-0.05, 0) is 96.8 Å². The second-order valence-corrected chi connectivity index (χ2v) is 20.4. The molecule has 0 unspecified atom stereocenters. The van der Waals surface area contributed by atoms with Gasteiger partial charge >= 0.3 is 12.0 Å². The number of nitrogens with zero attached hydrogens (tertiary/aromatic N) is 6. The highest BCUT2D eigenvalue weighted by atomic mass is 16.6. The number of hydrogen-bond acceptors (Lipinski definition) is 12. The zero-order chi connectivity index (χ0) is 52.4. The molecule has 4 fully saturated rings. The SMILES string of the molecule is C[C@@H](NC(=O)N1C(=O)[C@@]2(c3cc(C#CC4(O)CCCCCC4)ccc31)[C@H](c1ccc(OCCO)cc1)N1[C@H](c3ccccc3)[C@H](c3ccccc3)OC(=O)[C@H]1[C@@H]2C(=O)N1CCN(c2ncccn2)CC1)c1ccccc1. The number of cyclic esters (lactones) is 1. The number of fused-ring (bicyclic) bond motifs is 3. The number of urea groups is 1. The Morgan fingerprint density at radius 3 is 2.08 bits per heavy atom. The zero-order valence-corrected chi connectivity index (χ0v) is 42.4. The molecular formula is C61H61N7O8. The van der Waals surface area contributed by atoms with Crippen molar-refractivity contribution in [3.63, 3.8) is 0 Å². The summed E-state index contributed by atoms with van der Waals surface area (Å²) in [5.41, 5.74) is 0.645. The lowest BCUT2D eigenvalue weighted by atomic mass is 9.64. The summed E-state index contributed by atoms with van der Waals surface area (Å²) in [4.78, 5) is 80.4. The third-order valence-electron chi connectivity index (χ3n) is 15.9. The number of aromatic nitrogens is 2. The summed E-state index contributed by atoms with van der Waals surface area (Å²) in [7, 11) is 0. The highest BCUT2D eigenvalue weighted by molar-refractivity contribution is 6.24. The van der Waals surface area contributed by atoms with Crippen molar-refractivity contribution in [3.05, 3.63) is 185 Å². The van der Waals surface area contributed by atoms with E-state index in [1.807, 2.05) is 120 Å². The Hall–Kier alpha value is -7.90. The molecule has 3 N–H and O–H groups in total. The van der Waals surface area contributed by atoms with Gasteiger partial charge in [0.2, 0.25) is 17.8 Å². The molecule has 388 valence electrons. The molecule has 1 aromatic heterocycles. The minimum Gasteiger partial charge on any atom is -0.491 e. The molecule has 15 nitrogen and oxygen atoms in total. The van der Waals surface area contributed by atoms with Gasteiger partial charge in [-0.15, -0.1) is 0 Å². The molecule has 11 rings (SSSR count). The predicted molar refractivity (Wildman–Crippen MR) is 285 cm³/mol. The van der Waals surface area contributed by atoms with Gasteiger partial charge in [-0.1, -0.05) is 128 Å². The van der Waals surface area contributed by atoms with Crippen LogP contribution in [0.5, 0.6) is 5.75 Å². The second kappa shape index (κ2) is 21.4. The molecule has 0 radical (unpaired) electrons. The molecule has 0 bridgehead atoms. The highest BCUT2D eigenvalue weighted by Crippen LogP contribution is 2.66. The monoisotopic (exact) mass is 1020 g/mol. The average molecular weight is 1020 g/mol. The summed E-state index contributed by atoms with van der Waals surface area (Å²) >= 11 is 0. The summed E-state index contributed by atoms with van der Waals surface area (Å²) in [6.07, 6.45) is 7.14. The van der Waals surface area contributed by atoms with E-state index in [-0.39, 0.29) is 32.0 Å². The fourth-order valence-electron chi connectivity index (χ4n) is 12.4. The maximum Gasteiger partial charge on any atom is 0.329 e. The molecule has 5 aromatic carbocycles. The van der Waals surface area contributed by atoms with Crippen molar-refractivity contribution in [1.82, 2.24) is 25.1 Å². The van der Waals surface area contributed by atoms with Crippen LogP contribution >= 0.6 is 0 Å². The molecule has 3 saturated heterocycles. The van der Waals surface area contributed by atoms with E-state index in [0.29, 0.717) is 59.9 Å². The van der Waals surface area contributed by atoms with Crippen molar-refractivity contribution in [2.24, 2.45) is 5.92 Å². The van der Waals surface area contributed by atoms with E-state index in [9.17, 15) is 10.2 Å². The fourth-order valence-corrected chi connectivity index (χ4v) is 12.4. The van der Waals surface area contributed by atoms with E-state index in [2.05, 4.69) is 27.1 Å². The third-order valence-corrected chi connectivity index (χ3v) is 15.9. The number of hydrogen-bond donors (Lipinski definition) is 3. The van der Waals surface area contributed by atoms with Crippen LogP contribution in [0, 0.1) is 17.8 Å². The summed E-state index contributed by atoms with van der Waals surface area (Å²) in [6.45, 7) is 2.84. The number of imide groups is 1. The molecule has 4 amide bonds. The van der Waals surface area contributed by atoms with Crippen LogP contribution in [-0.2, 0) is 24.5 Å². The van der Waals surface area contributed by atoms with Gasteiger partial charge in [0, 0.05) is 44.1 Å². The minimum absolute atomic E-state index is 0.0398. The molecule has 1 aliphatic carbocycles. The third kappa shape index (κ3) is 9.24. The molecular weight excluding hydrogens is 959 g/mol. The summed E-state index contributed by atoms with van der Waals surface area (Å²) in [5, 5.41) is 24.7. The number of nitrogens with one attached hydrogen (secondary N) is 1. The number of benzene rings is 5. The number of rotatable bonds is 10. The Morgan fingerprint density at radius 1 is 0.776 bits per heavy atom. The molecule has 7 atom stereocenters. The van der Waals surface area contributed by atoms with Crippen LogP contribution in [0.3, 0.4) is 0 Å². The Bertz CT molecular complexity index is 3120. The zero-order valence-electron chi connectivity index (χ0n) is 42.4. The van der Waals surface area contributed by atoms with Gasteiger partial charge in [0.05, 0.1) is 36.3 Å². The van der Waals surface area contributed by atoms with Crippen LogP contribution in [0.4, 0.5) is 16.4 Å². The number of esters is 1. The first-order valence-electron chi connectivity index (χ1n) is 26.4. The van der Waals surface area contributed by atoms with Crippen molar-refractivity contribution in [1.29, 1.82) is 0 Å². The van der Waals surface area contributed by atoms with Gasteiger partial charge in [0.25, 0.3) is 0 Å². The minimum atomic E-state index is -2.02. The number of amides is 4. The van der Waals surface area contributed by atoms with E-state index in [1.54, 1.807) is 53.7 Å². The predicted octanol–water partition coefficient (Wildman–Crippen LogP) is 7.77. The van der Waals surface area contributed by atoms with Crippen LogP contribution in [0.1, 0.15) is 103 Å². The lowest BCUT2D eigenvalue weighted by molar-refractivity contribution is -0.179. The number of aliphatic hydroxyl groups excluding tert-OH is 1. The number of anilines is 2. The number of piperazine rings is 1. The summed E-state index contributed by atoms with van der Waals surface area (Å²) < 4.78 is 12.6. The maximum absolute atomic E-state index is 17.0. The number of aliphatic hydroxyl groups is 2. The lowest BCUT2D eigenvalue weighted by Gasteiger charge is -2.46. The summed E-state index contributed by atoms with van der Waals surface area (Å²) in [6, 6.07) is 38.2. The van der Waals surface area contributed by atoms with E-state index in [0.717, 1.165) is 41.7 Å². The first-order valence-corrected chi connectivity index (χ1v) is 26.4. The van der Waals surface area contributed by atoms with Crippen molar-refractivity contribution in [2.75, 3.05) is 49.2 Å². The van der Waals surface area contributed by atoms with E-state index < -0.39 is 71.0 Å². The molecule has 1 spiro atoms. The largest absolute Gasteiger partial charge is 0.491 e. The normalized spacial score (nSPS) is 24.4. The molecule has 1 saturated carbocycles. The first kappa shape index (κ1) is 50.3. The van der Waals surface area contributed by atoms with Crippen LogP contribution in [0.2, 0.25) is 0 Å². The molecule has 4 aliphatic heterocycles. The first-order chi connectivity index (χ1) is 37.1. The Kier molecular flexibility index (Phi) is 14.1. The van der Waals surface area contributed by atoms with Crippen LogP contribution in [-0.4, -0.2) is 105 Å². The number of carbonyl (C=O) groups excluding carboxylic acids is 4. The van der Waals surface area contributed by atoms with Crippen LogP contribution in [0.15, 0.2) is 152 Å². The fraction of sp³-hybridized carbons (Fsp3) is 0.344. The average Bonchev–Trinajstić information content (AvgIpc) is 4.05. The quantitative estimate of drug-likeness (QED) is 0.0691. The summed E-state index contributed by atoms with van der Waals surface area (Å²) in [5.74, 6) is 4.15. The maximum atomic E-state index is 17.0. The topological polar surface area (TPSA) is 178 Å². The Morgan fingerprint density at radius 2 is 1.42 bits per heavy atom. The smallest absolute Gasteiger partial charge is 0.329 e. The molecule has 6 aromatic rings. The second-order valence-electron chi connectivity index (χ2n) is 20.4. The Balaban J connectivity index is 1.16. The molecule has 5 aliphatic rings. The lowest BCUT2D eigenvalue weighted by Crippen LogP contribution is -2.59. The number of carbonyl (C=O) groups is 4. The van der Waals surface area contributed by atoms with E-state index in [4.69, 9.17) is 9.47 Å². The number of morpholine rings is 1. The number of ether oxygens (including phenoxy) is 2. The van der Waals surface area contributed by atoms with Gasteiger partial charge in [0.15, 0.2) is 0 Å². The van der Waals surface area contributed by atoms with Crippen molar-refractivity contribution < 1.29 is 38.9 Å². The van der Waals surface area contributed by atoms with Crippen molar-refractivity contribution in [3.8, 4) is 17.6 Å². The van der Waals surface area contributed by atoms with Crippen molar-refractivity contribution in [2.45, 2.75) is 86.7 Å². The standard InChI is InChI=1S/C61H61N7O8/c1-41(43-16-7-4-8-17-43)64-59(73)67-49-27-22-42(28-31-60(74)29-13-2-3-14-30-60)40-48(49)61(57(67)72)50(55(70)65-34-36-66(37-35-65)58-62-32-15-33-63-58)52-56(71)76-53(45-20-11-6-12-21-45)51(44-18-9-5-10-19-44)68(52)54(61)46-23-25-47(26-24-46)75-39-38-69/h4-12,15-27,32-33,40-41,50-54,69,74H,2-3,13-14,29-30,34-39H2,1H3,(H,64,73)/t41-,50-,51-,52-,53+,54+,61-/m1/s1. The van der Waals surface area contributed by atoms with E-state index >= 15 is 19.2 Å². The van der Waals surface area contributed by atoms with E-state index in [1.165, 1.54) is 0 Å².